The molecule has 0 aromatic rings. The Morgan fingerprint density at radius 3 is 1.31 bits per heavy atom. The molecule has 3 N–H and O–H groups in total. The van der Waals surface area contributed by atoms with Crippen LogP contribution in [0.25, 0.3) is 0 Å². The molecular formula is C11H29N3OSi. The van der Waals surface area contributed by atoms with E-state index in [-0.39, 0.29) is 0 Å². The lowest BCUT2D eigenvalue weighted by Gasteiger charge is -2.36. The third-order valence-electron chi connectivity index (χ3n) is 1.84. The summed E-state index contributed by atoms with van der Waals surface area (Å²) < 4.78 is 5.97. The van der Waals surface area contributed by atoms with Gasteiger partial charge in [-0.25, -0.2) is 0 Å². The van der Waals surface area contributed by atoms with E-state index in [0.717, 1.165) is 0 Å². The van der Waals surface area contributed by atoms with Gasteiger partial charge in [-0.1, -0.05) is 41.5 Å². The molecule has 0 aromatic heterocycles. The zero-order valence-electron chi connectivity index (χ0n) is 11.8. The van der Waals surface area contributed by atoms with Gasteiger partial charge in [-0.2, -0.15) is 0 Å². The molecule has 0 amide bonds. The second-order valence-corrected chi connectivity index (χ2v) is 7.53. The minimum absolute atomic E-state index is 0.399. The van der Waals surface area contributed by atoms with Crippen molar-refractivity contribution in [1.29, 1.82) is 0 Å². The smallest absolute Gasteiger partial charge is 0.380 e. The van der Waals surface area contributed by atoms with Gasteiger partial charge < -0.3 is 4.43 Å². The monoisotopic (exact) mass is 247 g/mol. The van der Waals surface area contributed by atoms with Crippen LogP contribution < -0.4 is 14.9 Å². The Bertz CT molecular complexity index is 160. The maximum atomic E-state index is 5.97. The van der Waals surface area contributed by atoms with Gasteiger partial charge in [0.2, 0.25) is 0 Å². The fourth-order valence-corrected chi connectivity index (χ4v) is 5.06. The minimum Gasteiger partial charge on any atom is -0.380 e. The standard InChI is InChI=1S/C11H29N3OSi/c1-8-15-16(12-9(2)3,13-10(4)5)14-11(6)7/h9-14H,8H2,1-7H3. The fraction of sp³-hybridized carbons (Fsp3) is 1.00. The van der Waals surface area contributed by atoms with Crippen molar-refractivity contribution < 1.29 is 4.43 Å². The normalized spacial score (nSPS) is 13.1. The summed E-state index contributed by atoms with van der Waals surface area (Å²) in [7, 11) is -2.23. The van der Waals surface area contributed by atoms with Crippen molar-refractivity contribution in [3.63, 3.8) is 0 Å². The summed E-state index contributed by atoms with van der Waals surface area (Å²) >= 11 is 0. The van der Waals surface area contributed by atoms with E-state index in [4.69, 9.17) is 4.43 Å². The minimum atomic E-state index is -2.23. The molecule has 0 unspecified atom stereocenters. The van der Waals surface area contributed by atoms with Crippen molar-refractivity contribution in [1.82, 2.24) is 14.9 Å². The van der Waals surface area contributed by atoms with Gasteiger partial charge in [0.05, 0.1) is 0 Å². The van der Waals surface area contributed by atoms with Gasteiger partial charge in [0, 0.05) is 6.61 Å². The summed E-state index contributed by atoms with van der Waals surface area (Å²) in [5.41, 5.74) is 0. The van der Waals surface area contributed by atoms with E-state index in [9.17, 15) is 0 Å². The third kappa shape index (κ3) is 6.60. The topological polar surface area (TPSA) is 45.3 Å². The van der Waals surface area contributed by atoms with E-state index in [0.29, 0.717) is 24.7 Å². The highest BCUT2D eigenvalue weighted by molar-refractivity contribution is 6.66. The second kappa shape index (κ2) is 7.40. The molecule has 5 heteroatoms. The Morgan fingerprint density at radius 1 is 0.812 bits per heavy atom. The Hall–Kier alpha value is 0.0569. The van der Waals surface area contributed by atoms with Crippen LogP contribution in [0.3, 0.4) is 0 Å². The maximum absolute atomic E-state index is 5.97. The molecule has 0 saturated carbocycles. The second-order valence-electron chi connectivity index (χ2n) is 5.01. The van der Waals surface area contributed by atoms with Crippen LogP contribution in [0.15, 0.2) is 0 Å². The molecule has 0 rings (SSSR count). The zero-order valence-corrected chi connectivity index (χ0v) is 12.8. The van der Waals surface area contributed by atoms with Crippen molar-refractivity contribution in [2.24, 2.45) is 0 Å². The van der Waals surface area contributed by atoms with Crippen LogP contribution in [0.1, 0.15) is 48.5 Å². The molecule has 0 aliphatic rings. The van der Waals surface area contributed by atoms with E-state index >= 15 is 0 Å². The summed E-state index contributed by atoms with van der Waals surface area (Å²) in [6.07, 6.45) is 0. The van der Waals surface area contributed by atoms with Gasteiger partial charge >= 0.3 is 8.80 Å². The third-order valence-corrected chi connectivity index (χ3v) is 5.51. The van der Waals surface area contributed by atoms with E-state index in [2.05, 4.69) is 56.5 Å². The largest absolute Gasteiger partial charge is 0.440 e. The van der Waals surface area contributed by atoms with Crippen LogP contribution in [0, 0.1) is 0 Å². The molecule has 0 atom stereocenters. The molecule has 98 valence electrons. The van der Waals surface area contributed by atoms with E-state index < -0.39 is 8.80 Å². The Kier molecular flexibility index (Phi) is 7.42. The first-order chi connectivity index (χ1) is 7.31. The predicted molar refractivity (Wildman–Crippen MR) is 72.2 cm³/mol. The van der Waals surface area contributed by atoms with Crippen LogP contribution in [0.4, 0.5) is 0 Å². The highest BCUT2D eigenvalue weighted by Crippen LogP contribution is 2.00. The highest BCUT2D eigenvalue weighted by Gasteiger charge is 2.38. The quantitative estimate of drug-likeness (QED) is 0.568. The van der Waals surface area contributed by atoms with Crippen LogP contribution in [-0.2, 0) is 4.43 Å². The van der Waals surface area contributed by atoms with E-state index in [1.807, 2.05) is 6.92 Å². The molecule has 0 heterocycles. The van der Waals surface area contributed by atoms with E-state index in [1.165, 1.54) is 0 Å². The van der Waals surface area contributed by atoms with Crippen molar-refractivity contribution in [2.75, 3.05) is 6.61 Å². The molecule has 16 heavy (non-hydrogen) atoms. The van der Waals surface area contributed by atoms with Gasteiger partial charge in [0.15, 0.2) is 0 Å². The molecule has 0 saturated heterocycles. The van der Waals surface area contributed by atoms with Gasteiger partial charge in [-0.3, -0.25) is 14.9 Å². The summed E-state index contributed by atoms with van der Waals surface area (Å²) in [6, 6.07) is 1.20. The number of hydrogen-bond acceptors (Lipinski definition) is 4. The summed E-state index contributed by atoms with van der Waals surface area (Å²) in [5, 5.41) is 0. The van der Waals surface area contributed by atoms with Gasteiger partial charge in [-0.05, 0) is 25.0 Å². The predicted octanol–water partition coefficient (Wildman–Crippen LogP) is 1.45. The number of hydrogen-bond donors (Lipinski definition) is 3. The molecule has 0 bridgehead atoms. The molecular weight excluding hydrogens is 218 g/mol. The van der Waals surface area contributed by atoms with Crippen LogP contribution in [0.5, 0.6) is 0 Å². The fourth-order valence-electron chi connectivity index (χ4n) is 1.69. The van der Waals surface area contributed by atoms with Gasteiger partial charge in [0.1, 0.15) is 0 Å². The first kappa shape index (κ1) is 16.1. The lowest BCUT2D eigenvalue weighted by Crippen LogP contribution is -2.77. The molecule has 0 radical (unpaired) electrons. The molecule has 4 nitrogen and oxygen atoms in total. The Labute approximate surface area is 102 Å². The zero-order chi connectivity index (χ0) is 12.8. The Morgan fingerprint density at radius 2 is 1.12 bits per heavy atom. The van der Waals surface area contributed by atoms with Crippen LogP contribution >= 0.6 is 0 Å². The molecule has 0 aliphatic carbocycles. The summed E-state index contributed by atoms with van der Waals surface area (Å²) in [4.78, 5) is 10.7. The van der Waals surface area contributed by atoms with Gasteiger partial charge in [0.25, 0.3) is 0 Å². The molecule has 0 spiro atoms. The maximum Gasteiger partial charge on any atom is 0.440 e. The summed E-state index contributed by atoms with van der Waals surface area (Å²) in [6.45, 7) is 15.6. The van der Waals surface area contributed by atoms with Crippen molar-refractivity contribution in [2.45, 2.75) is 66.6 Å². The summed E-state index contributed by atoms with van der Waals surface area (Å²) in [5.74, 6) is 0. The average Bonchev–Trinajstić information content (AvgIpc) is 1.98. The Balaban J connectivity index is 4.72. The van der Waals surface area contributed by atoms with Crippen molar-refractivity contribution in [3.05, 3.63) is 0 Å². The van der Waals surface area contributed by atoms with Crippen LogP contribution in [0.2, 0.25) is 0 Å². The molecule has 0 fully saturated rings. The lowest BCUT2D eigenvalue weighted by atomic mass is 10.4. The number of nitrogens with one attached hydrogen (secondary N) is 3. The lowest BCUT2D eigenvalue weighted by molar-refractivity contribution is 0.273. The molecule has 0 aliphatic heterocycles. The van der Waals surface area contributed by atoms with Gasteiger partial charge in [-0.15, -0.1) is 0 Å². The van der Waals surface area contributed by atoms with Crippen molar-refractivity contribution >= 4 is 8.80 Å². The SMILES string of the molecule is CCO[Si](NC(C)C)(NC(C)C)NC(C)C. The average molecular weight is 247 g/mol. The van der Waals surface area contributed by atoms with Crippen LogP contribution in [-0.4, -0.2) is 33.5 Å². The highest BCUT2D eigenvalue weighted by atomic mass is 28.4. The first-order valence-corrected chi connectivity index (χ1v) is 8.19. The van der Waals surface area contributed by atoms with E-state index in [1.54, 1.807) is 0 Å². The first-order valence-electron chi connectivity index (χ1n) is 6.28. The molecule has 0 aromatic carbocycles. The van der Waals surface area contributed by atoms with Crippen molar-refractivity contribution in [3.8, 4) is 0 Å². The number of rotatable bonds is 8.